The van der Waals surface area contributed by atoms with E-state index in [2.05, 4.69) is 20.6 Å². The number of aromatic nitrogens is 6. The van der Waals surface area contributed by atoms with Crippen LogP contribution in [0, 0.1) is 0 Å². The predicted molar refractivity (Wildman–Crippen MR) is 151 cm³/mol. The number of hydrogen-bond acceptors (Lipinski definition) is 18. The third-order valence-corrected chi connectivity index (χ3v) is 7.47. The number of methoxy groups -OCH3 is 2. The van der Waals surface area contributed by atoms with Crippen LogP contribution in [0.2, 0.25) is 0 Å². The lowest BCUT2D eigenvalue weighted by Crippen LogP contribution is -2.60. The highest BCUT2D eigenvalue weighted by Crippen LogP contribution is 2.39. The Hall–Kier alpha value is -4.98. The van der Waals surface area contributed by atoms with Gasteiger partial charge in [0.15, 0.2) is 36.0 Å². The van der Waals surface area contributed by atoms with Crippen molar-refractivity contribution in [3.8, 4) is 0 Å². The largest absolute Gasteiger partial charge is 0.464 e. The minimum Gasteiger partial charge on any atom is -0.464 e. The molecule has 0 aromatic carbocycles. The Morgan fingerprint density at radius 1 is 0.750 bits per heavy atom. The van der Waals surface area contributed by atoms with Crippen molar-refractivity contribution in [1.29, 1.82) is 0 Å². The molecule has 5 unspecified atom stereocenters. The Kier molecular flexibility index (Phi) is 11.8. The highest BCUT2D eigenvalue weighted by atomic mass is 16.7. The molecule has 0 radical (unpaired) electrons. The number of ether oxygens (including phenoxy) is 8. The van der Waals surface area contributed by atoms with Crippen LogP contribution in [-0.4, -0.2) is 123 Å². The average molecular weight is 681 g/mol. The third-order valence-electron chi connectivity index (χ3n) is 7.47. The topological polar surface area (TPSA) is 238 Å². The zero-order valence-corrected chi connectivity index (χ0v) is 27.0. The van der Waals surface area contributed by atoms with Crippen LogP contribution in [0.15, 0.2) is 12.4 Å². The zero-order valence-electron chi connectivity index (χ0n) is 27.0. The maximum atomic E-state index is 12.5. The van der Waals surface area contributed by atoms with Crippen molar-refractivity contribution < 1.29 is 66.7 Å². The van der Waals surface area contributed by atoms with Gasteiger partial charge in [-0.15, -0.1) is 10.2 Å². The van der Waals surface area contributed by atoms with Crippen molar-refractivity contribution in [2.24, 2.45) is 0 Å². The fourth-order valence-electron chi connectivity index (χ4n) is 5.60. The van der Waals surface area contributed by atoms with Crippen molar-refractivity contribution in [1.82, 2.24) is 30.0 Å². The van der Waals surface area contributed by atoms with E-state index in [1.54, 1.807) is 0 Å². The van der Waals surface area contributed by atoms with E-state index in [0.29, 0.717) is 19.3 Å². The highest BCUT2D eigenvalue weighted by molar-refractivity contribution is 5.87. The van der Waals surface area contributed by atoms with Crippen LogP contribution in [-0.2, 0) is 57.1 Å². The minimum atomic E-state index is -1.49. The second-order valence-corrected chi connectivity index (χ2v) is 10.9. The van der Waals surface area contributed by atoms with Crippen LogP contribution in [0.4, 0.5) is 0 Å². The van der Waals surface area contributed by atoms with Gasteiger partial charge >= 0.3 is 35.8 Å². The Bertz CT molecular complexity index is 1510. The molecule has 1 saturated carbocycles. The smallest absolute Gasteiger partial charge is 0.360 e. The first-order valence-electron chi connectivity index (χ1n) is 14.8. The minimum absolute atomic E-state index is 0.0699. The lowest BCUT2D eigenvalue weighted by Gasteiger charge is -2.46. The molecule has 48 heavy (non-hydrogen) atoms. The fourth-order valence-corrected chi connectivity index (χ4v) is 5.60. The number of rotatable bonds is 11. The lowest BCUT2D eigenvalue weighted by molar-refractivity contribution is -0.313. The van der Waals surface area contributed by atoms with Gasteiger partial charge in [0, 0.05) is 27.7 Å². The molecule has 1 saturated heterocycles. The van der Waals surface area contributed by atoms with Gasteiger partial charge < -0.3 is 37.9 Å². The average Bonchev–Trinajstić information content (AvgIpc) is 3.72. The van der Waals surface area contributed by atoms with Crippen LogP contribution in [0.1, 0.15) is 80.0 Å². The van der Waals surface area contributed by atoms with E-state index >= 15 is 0 Å². The summed E-state index contributed by atoms with van der Waals surface area (Å²) in [4.78, 5) is 73.2. The molecule has 0 bridgehead atoms. The van der Waals surface area contributed by atoms with Crippen LogP contribution in [0.5, 0.6) is 0 Å². The fraction of sp³-hybridized carbons (Fsp3) is 0.643. The van der Waals surface area contributed by atoms with E-state index in [1.807, 2.05) is 0 Å². The van der Waals surface area contributed by atoms with E-state index in [4.69, 9.17) is 37.9 Å². The van der Waals surface area contributed by atoms with Gasteiger partial charge in [0.25, 0.3) is 0 Å². The van der Waals surface area contributed by atoms with Crippen molar-refractivity contribution in [2.45, 2.75) is 95.9 Å². The molecule has 2 fully saturated rings. The molecule has 0 N–H and O–H groups in total. The van der Waals surface area contributed by atoms with Crippen LogP contribution >= 0.6 is 0 Å². The molecule has 3 heterocycles. The van der Waals surface area contributed by atoms with Gasteiger partial charge in [0.1, 0.15) is 18.8 Å². The van der Waals surface area contributed by atoms with Crippen molar-refractivity contribution in [3.05, 3.63) is 23.8 Å². The standard InChI is InChI=1S/C28H36N6O14/c1-13(35)43-12-21-24(45-15(3)37)22(34-11-18(30-32-34)27(40)42-6)25(46-16(4)38)28(48-21)47-20-9-7-8-19(23(20)44-14(2)36)33-10-17(29-31-33)26(39)41-5/h10-11,19-25,28H,7-9,12H2,1-6H3/t19?,20-,21?,22?,23?,24+,25?,28-/m1/s1. The van der Waals surface area contributed by atoms with E-state index in [0.717, 1.165) is 25.6 Å². The summed E-state index contributed by atoms with van der Waals surface area (Å²) in [5.74, 6) is -4.41. The molecule has 1 aliphatic heterocycles. The molecule has 20 nitrogen and oxygen atoms in total. The summed E-state index contributed by atoms with van der Waals surface area (Å²) in [7, 11) is 2.34. The van der Waals surface area contributed by atoms with E-state index < -0.39 is 91.3 Å². The maximum absolute atomic E-state index is 12.5. The Morgan fingerprint density at radius 3 is 1.85 bits per heavy atom. The second-order valence-electron chi connectivity index (χ2n) is 10.9. The first-order chi connectivity index (χ1) is 22.8. The van der Waals surface area contributed by atoms with E-state index in [-0.39, 0.29) is 11.4 Å². The second kappa shape index (κ2) is 15.7. The number of carbonyl (C=O) groups excluding carboxylic acids is 6. The summed E-state index contributed by atoms with van der Waals surface area (Å²) in [5, 5.41) is 15.7. The monoisotopic (exact) mass is 680 g/mol. The van der Waals surface area contributed by atoms with E-state index in [1.165, 1.54) is 38.0 Å². The predicted octanol–water partition coefficient (Wildman–Crippen LogP) is -0.123. The molecule has 4 rings (SSSR count). The number of nitrogens with zero attached hydrogens (tertiary/aromatic N) is 6. The summed E-state index contributed by atoms with van der Waals surface area (Å²) in [6, 6.07) is -1.92. The summed E-state index contributed by atoms with van der Waals surface area (Å²) < 4.78 is 46.8. The first-order valence-corrected chi connectivity index (χ1v) is 14.8. The summed E-state index contributed by atoms with van der Waals surface area (Å²) in [6.07, 6.45) is -3.57. The van der Waals surface area contributed by atoms with Gasteiger partial charge in [0.05, 0.1) is 38.8 Å². The van der Waals surface area contributed by atoms with Crippen molar-refractivity contribution in [3.63, 3.8) is 0 Å². The van der Waals surface area contributed by atoms with E-state index in [9.17, 15) is 28.8 Å². The van der Waals surface area contributed by atoms with Crippen molar-refractivity contribution >= 4 is 35.8 Å². The normalized spacial score (nSPS) is 26.9. The number of carbonyl (C=O) groups is 6. The molecule has 1 aliphatic carbocycles. The summed E-state index contributed by atoms with van der Waals surface area (Å²) in [6.45, 7) is 4.19. The number of hydrogen-bond donors (Lipinski definition) is 0. The van der Waals surface area contributed by atoms with Crippen LogP contribution in [0.25, 0.3) is 0 Å². The molecule has 8 atom stereocenters. The van der Waals surface area contributed by atoms with Crippen LogP contribution < -0.4 is 0 Å². The molecule has 2 aromatic heterocycles. The Labute approximate surface area is 273 Å². The van der Waals surface area contributed by atoms with Crippen molar-refractivity contribution in [2.75, 3.05) is 20.8 Å². The van der Waals surface area contributed by atoms with Gasteiger partial charge in [-0.25, -0.2) is 19.0 Å². The molecule has 0 spiro atoms. The summed E-state index contributed by atoms with van der Waals surface area (Å²) in [5.41, 5.74) is -0.287. The highest BCUT2D eigenvalue weighted by Gasteiger charge is 2.54. The van der Waals surface area contributed by atoms with Gasteiger partial charge in [0.2, 0.25) is 0 Å². The Morgan fingerprint density at radius 2 is 1.29 bits per heavy atom. The molecule has 262 valence electrons. The molecular weight excluding hydrogens is 644 g/mol. The lowest BCUT2D eigenvalue weighted by atomic mass is 9.89. The van der Waals surface area contributed by atoms with Gasteiger partial charge in [-0.05, 0) is 19.3 Å². The quantitative estimate of drug-likeness (QED) is 0.222. The SMILES string of the molecule is COC(=O)c1cn(C2CCC[C@@H](O[C@@H]3OC(COC(C)=O)[C@H](OC(C)=O)C(n4cc(C(=O)OC)nn4)C3OC(C)=O)C2OC(C)=O)nn1. The summed E-state index contributed by atoms with van der Waals surface area (Å²) >= 11 is 0. The van der Waals surface area contributed by atoms with Gasteiger partial charge in [-0.3, -0.25) is 19.2 Å². The third kappa shape index (κ3) is 8.48. The molecule has 20 heteroatoms. The van der Waals surface area contributed by atoms with Crippen LogP contribution in [0.3, 0.4) is 0 Å². The first kappa shape index (κ1) is 35.9. The zero-order chi connectivity index (χ0) is 35.1. The molecule has 0 amide bonds. The molecule has 2 aliphatic rings. The Balaban J connectivity index is 1.76. The van der Waals surface area contributed by atoms with Gasteiger partial charge in [-0.1, -0.05) is 10.4 Å². The number of esters is 6. The molecule has 2 aromatic rings. The molecular formula is C28H36N6O14. The maximum Gasteiger partial charge on any atom is 0.360 e. The van der Waals surface area contributed by atoms with Gasteiger partial charge in [-0.2, -0.15) is 0 Å².